The van der Waals surface area contributed by atoms with Crippen molar-refractivity contribution >= 4 is 17.7 Å². The minimum absolute atomic E-state index is 0.207. The maximum Gasteiger partial charge on any atom is 0.233 e. The highest BCUT2D eigenvalue weighted by atomic mass is 32.2. The van der Waals surface area contributed by atoms with Crippen LogP contribution in [0.1, 0.15) is 43.2 Å². The van der Waals surface area contributed by atoms with Gasteiger partial charge in [0.2, 0.25) is 11.1 Å². The van der Waals surface area contributed by atoms with Gasteiger partial charge in [0.05, 0.1) is 11.4 Å². The molecule has 4 rings (SSSR count). The molecule has 2 heterocycles. The van der Waals surface area contributed by atoms with Crippen molar-refractivity contribution in [3.8, 4) is 5.69 Å². The van der Waals surface area contributed by atoms with Crippen LogP contribution in [-0.4, -0.2) is 49.9 Å². The number of rotatable bonds is 4. The largest absolute Gasteiger partial charge is 0.342 e. The summed E-state index contributed by atoms with van der Waals surface area (Å²) >= 11 is 1.43. The van der Waals surface area contributed by atoms with Crippen molar-refractivity contribution < 1.29 is 4.79 Å². The van der Waals surface area contributed by atoms with Crippen LogP contribution in [0.4, 0.5) is 0 Å². The summed E-state index contributed by atoms with van der Waals surface area (Å²) < 4.78 is 1.72. The van der Waals surface area contributed by atoms with Gasteiger partial charge in [-0.2, -0.15) is 4.68 Å². The SMILES string of the molecule is Cc1ccc(-n2nnnc2SCC(=O)N2CC[C@H]3CCCC[C@@H]3C2)cc1C. The quantitative estimate of drug-likeness (QED) is 0.755. The summed E-state index contributed by atoms with van der Waals surface area (Å²) in [4.78, 5) is 14.8. The van der Waals surface area contributed by atoms with Crippen molar-refractivity contribution in [1.29, 1.82) is 0 Å². The number of nitrogens with zero attached hydrogens (tertiary/aromatic N) is 5. The fourth-order valence-electron chi connectivity index (χ4n) is 4.33. The van der Waals surface area contributed by atoms with Crippen molar-refractivity contribution in [1.82, 2.24) is 25.1 Å². The van der Waals surface area contributed by atoms with E-state index in [2.05, 4.69) is 46.4 Å². The molecule has 1 amide bonds. The Morgan fingerprint density at radius 1 is 1.15 bits per heavy atom. The Labute approximate surface area is 164 Å². The molecule has 0 spiro atoms. The van der Waals surface area contributed by atoms with Gasteiger partial charge < -0.3 is 4.90 Å². The molecule has 0 bridgehead atoms. The Kier molecular flexibility index (Phi) is 5.48. The van der Waals surface area contributed by atoms with Crippen molar-refractivity contribution in [3.05, 3.63) is 29.3 Å². The molecule has 1 saturated heterocycles. The number of benzene rings is 1. The molecule has 0 radical (unpaired) electrons. The molecular formula is C20H27N5OS. The summed E-state index contributed by atoms with van der Waals surface area (Å²) in [6.45, 7) is 6.01. The maximum atomic E-state index is 12.7. The predicted molar refractivity (Wildman–Crippen MR) is 106 cm³/mol. The van der Waals surface area contributed by atoms with Gasteiger partial charge in [0.15, 0.2) is 0 Å². The lowest BCUT2D eigenvalue weighted by Crippen LogP contribution is -2.45. The number of carbonyl (C=O) groups excluding carboxylic acids is 1. The third kappa shape index (κ3) is 4.03. The monoisotopic (exact) mass is 385 g/mol. The zero-order valence-electron chi connectivity index (χ0n) is 16.1. The highest BCUT2D eigenvalue weighted by Crippen LogP contribution is 2.36. The van der Waals surface area contributed by atoms with Gasteiger partial charge >= 0.3 is 0 Å². The van der Waals surface area contributed by atoms with Gasteiger partial charge in [-0.3, -0.25) is 4.79 Å². The molecule has 7 heteroatoms. The molecule has 144 valence electrons. The number of aryl methyl sites for hydroxylation is 2. The van der Waals surface area contributed by atoms with E-state index in [1.54, 1.807) is 4.68 Å². The first-order valence-electron chi connectivity index (χ1n) is 9.88. The molecule has 1 aromatic carbocycles. The van der Waals surface area contributed by atoms with Gasteiger partial charge in [0, 0.05) is 13.1 Å². The molecule has 1 aliphatic carbocycles. The van der Waals surface area contributed by atoms with E-state index in [4.69, 9.17) is 0 Å². The van der Waals surface area contributed by atoms with Gasteiger partial charge in [-0.1, -0.05) is 37.1 Å². The lowest BCUT2D eigenvalue weighted by atomic mass is 9.75. The summed E-state index contributed by atoms with van der Waals surface area (Å²) in [6, 6.07) is 6.16. The second kappa shape index (κ2) is 8.00. The van der Waals surface area contributed by atoms with Crippen LogP contribution in [0.5, 0.6) is 0 Å². The minimum Gasteiger partial charge on any atom is -0.342 e. The van der Waals surface area contributed by atoms with Crippen molar-refractivity contribution in [2.45, 2.75) is 51.1 Å². The number of piperidine rings is 1. The standard InChI is InChI=1S/C20H27N5OS/c1-14-7-8-18(11-15(14)2)25-20(21-22-23-25)27-13-19(26)24-10-9-16-5-3-4-6-17(16)12-24/h7-8,11,16-17H,3-6,9-10,12-13H2,1-2H3/t16-,17-/m1/s1. The van der Waals surface area contributed by atoms with Crippen LogP contribution >= 0.6 is 11.8 Å². The maximum absolute atomic E-state index is 12.7. The first kappa shape index (κ1) is 18.5. The third-order valence-electron chi connectivity index (χ3n) is 6.14. The summed E-state index contributed by atoms with van der Waals surface area (Å²) in [6.07, 6.45) is 6.50. The summed E-state index contributed by atoms with van der Waals surface area (Å²) in [7, 11) is 0. The molecule has 27 heavy (non-hydrogen) atoms. The Bertz CT molecular complexity index is 820. The van der Waals surface area contributed by atoms with E-state index in [9.17, 15) is 4.79 Å². The number of carbonyl (C=O) groups is 1. The van der Waals surface area contributed by atoms with Gasteiger partial charge in [0.1, 0.15) is 0 Å². The number of aromatic nitrogens is 4. The van der Waals surface area contributed by atoms with Crippen LogP contribution in [0, 0.1) is 25.7 Å². The number of thioether (sulfide) groups is 1. The first-order chi connectivity index (χ1) is 13.1. The summed E-state index contributed by atoms with van der Waals surface area (Å²) in [5.74, 6) is 2.15. The van der Waals surface area contributed by atoms with E-state index < -0.39 is 0 Å². The molecule has 1 aliphatic heterocycles. The topological polar surface area (TPSA) is 63.9 Å². The Morgan fingerprint density at radius 2 is 1.96 bits per heavy atom. The zero-order chi connectivity index (χ0) is 18.8. The number of fused-ring (bicyclic) bond motifs is 1. The zero-order valence-corrected chi connectivity index (χ0v) is 16.9. The van der Waals surface area contributed by atoms with Crippen molar-refractivity contribution in [3.63, 3.8) is 0 Å². The molecular weight excluding hydrogens is 358 g/mol. The Hall–Kier alpha value is -1.89. The molecule has 0 unspecified atom stereocenters. The van der Waals surface area contributed by atoms with Gasteiger partial charge in [0.25, 0.3) is 0 Å². The van der Waals surface area contributed by atoms with E-state index in [1.165, 1.54) is 55.0 Å². The molecule has 2 aromatic rings. The summed E-state index contributed by atoms with van der Waals surface area (Å²) in [5, 5.41) is 12.7. The molecule has 2 atom stereocenters. The second-order valence-corrected chi connectivity index (χ2v) is 8.81. The van der Waals surface area contributed by atoms with Gasteiger partial charge in [-0.05, 0) is 72.2 Å². The summed E-state index contributed by atoms with van der Waals surface area (Å²) in [5.41, 5.74) is 3.37. The molecule has 1 saturated carbocycles. The van der Waals surface area contributed by atoms with E-state index in [-0.39, 0.29) is 5.91 Å². The minimum atomic E-state index is 0.207. The average molecular weight is 386 g/mol. The number of amides is 1. The average Bonchev–Trinajstić information content (AvgIpc) is 3.16. The lowest BCUT2D eigenvalue weighted by molar-refractivity contribution is -0.131. The van der Waals surface area contributed by atoms with E-state index >= 15 is 0 Å². The third-order valence-corrected chi connectivity index (χ3v) is 7.05. The van der Waals surface area contributed by atoms with E-state index in [1.807, 2.05) is 6.07 Å². The van der Waals surface area contributed by atoms with Crippen LogP contribution in [0.25, 0.3) is 5.69 Å². The van der Waals surface area contributed by atoms with Gasteiger partial charge in [-0.25, -0.2) is 0 Å². The van der Waals surface area contributed by atoms with Crippen LogP contribution in [0.3, 0.4) is 0 Å². The molecule has 2 aliphatic rings. The normalized spacial score (nSPS) is 22.5. The smallest absolute Gasteiger partial charge is 0.233 e. The molecule has 2 fully saturated rings. The van der Waals surface area contributed by atoms with Crippen molar-refractivity contribution in [2.24, 2.45) is 11.8 Å². The van der Waals surface area contributed by atoms with Crippen LogP contribution in [-0.2, 0) is 4.79 Å². The lowest BCUT2D eigenvalue weighted by Gasteiger charge is -2.41. The molecule has 1 aromatic heterocycles. The number of tetrazole rings is 1. The molecule has 6 nitrogen and oxygen atoms in total. The predicted octanol–water partition coefficient (Wildman–Crippen LogP) is 3.41. The highest BCUT2D eigenvalue weighted by Gasteiger charge is 2.32. The fourth-order valence-corrected chi connectivity index (χ4v) is 5.13. The van der Waals surface area contributed by atoms with Crippen molar-refractivity contribution in [2.75, 3.05) is 18.8 Å². The first-order valence-corrected chi connectivity index (χ1v) is 10.9. The van der Waals surface area contributed by atoms with E-state index in [0.717, 1.165) is 24.7 Å². The van der Waals surface area contributed by atoms with Crippen LogP contribution in [0.2, 0.25) is 0 Å². The van der Waals surface area contributed by atoms with Crippen LogP contribution < -0.4 is 0 Å². The van der Waals surface area contributed by atoms with Gasteiger partial charge in [-0.15, -0.1) is 5.10 Å². The highest BCUT2D eigenvalue weighted by molar-refractivity contribution is 7.99. The number of likely N-dealkylation sites (tertiary alicyclic amines) is 1. The number of hydrogen-bond acceptors (Lipinski definition) is 5. The Balaban J connectivity index is 1.38. The molecule has 0 N–H and O–H groups in total. The van der Waals surface area contributed by atoms with E-state index in [0.29, 0.717) is 16.8 Å². The Morgan fingerprint density at radius 3 is 2.78 bits per heavy atom. The van der Waals surface area contributed by atoms with Crippen LogP contribution in [0.15, 0.2) is 23.4 Å². The number of hydrogen-bond donors (Lipinski definition) is 0. The fraction of sp³-hybridized carbons (Fsp3) is 0.600. The second-order valence-electron chi connectivity index (χ2n) is 7.86.